The van der Waals surface area contributed by atoms with E-state index in [9.17, 15) is 18.0 Å². The first-order valence-electron chi connectivity index (χ1n) is 11.8. The number of carboxylic acid groups (broad SMARTS) is 1. The molecule has 206 valence electrons. The highest BCUT2D eigenvalue weighted by Gasteiger charge is 2.38. The summed E-state index contributed by atoms with van der Waals surface area (Å²) in [5.41, 5.74) is 9.47. The molecule has 0 radical (unpaired) electrons. The standard InChI is InChI=1S/C22H26Cl2N6O.C2HF3O2/c1-14-17(12-25)20(16-6-5-15(23)11-18(16)24)30-13-19(28-22(30)27-14)21(31)26-7-10-29-8-3-2-4-9-29;3-2(4,5)1(6)7/h5-6,11,13H,2-4,7-10,12,25H2,1H3,(H,26,31);(H,6,7). The van der Waals surface area contributed by atoms with Crippen molar-refractivity contribution in [3.05, 3.63) is 51.4 Å². The minimum Gasteiger partial charge on any atom is -0.475 e. The first-order chi connectivity index (χ1) is 17.9. The predicted octanol–water partition coefficient (Wildman–Crippen LogP) is 4.32. The number of nitrogens with one attached hydrogen (secondary N) is 1. The number of aryl methyl sites for hydroxylation is 1. The zero-order valence-electron chi connectivity index (χ0n) is 20.5. The number of nitrogens with zero attached hydrogens (tertiary/aromatic N) is 4. The number of amides is 1. The fourth-order valence-corrected chi connectivity index (χ4v) is 4.57. The van der Waals surface area contributed by atoms with Crippen LogP contribution in [0.2, 0.25) is 10.0 Å². The average Bonchev–Trinajstić information content (AvgIpc) is 3.28. The molecule has 0 atom stereocenters. The van der Waals surface area contributed by atoms with Crippen molar-refractivity contribution in [1.29, 1.82) is 0 Å². The van der Waals surface area contributed by atoms with Gasteiger partial charge in [0.1, 0.15) is 5.69 Å². The highest BCUT2D eigenvalue weighted by atomic mass is 35.5. The van der Waals surface area contributed by atoms with E-state index in [0.29, 0.717) is 28.1 Å². The highest BCUT2D eigenvalue weighted by molar-refractivity contribution is 6.36. The fourth-order valence-electron chi connectivity index (χ4n) is 4.08. The van der Waals surface area contributed by atoms with E-state index in [1.807, 2.05) is 13.0 Å². The maximum atomic E-state index is 12.8. The number of carboxylic acids is 1. The summed E-state index contributed by atoms with van der Waals surface area (Å²) in [4.78, 5) is 33.0. The van der Waals surface area contributed by atoms with Crippen molar-refractivity contribution in [1.82, 2.24) is 24.6 Å². The van der Waals surface area contributed by atoms with E-state index in [1.165, 1.54) is 19.3 Å². The Hall–Kier alpha value is -2.93. The SMILES string of the molecule is Cc1nc2nc(C(=O)NCCN3CCCCC3)cn2c(-c2ccc(Cl)cc2Cl)c1CN.O=C(O)C(F)(F)F. The Kier molecular flexibility index (Phi) is 9.94. The maximum absolute atomic E-state index is 12.8. The van der Waals surface area contributed by atoms with E-state index >= 15 is 0 Å². The van der Waals surface area contributed by atoms with Gasteiger partial charge >= 0.3 is 12.1 Å². The molecule has 1 saturated heterocycles. The van der Waals surface area contributed by atoms with Gasteiger partial charge in [-0.05, 0) is 51.1 Å². The lowest BCUT2D eigenvalue weighted by Crippen LogP contribution is -2.37. The largest absolute Gasteiger partial charge is 0.490 e. The van der Waals surface area contributed by atoms with Gasteiger partial charge in [-0.25, -0.2) is 14.8 Å². The minimum absolute atomic E-state index is 0.220. The van der Waals surface area contributed by atoms with Gasteiger partial charge in [0.05, 0.1) is 10.7 Å². The van der Waals surface area contributed by atoms with Crippen molar-refractivity contribution in [2.45, 2.75) is 38.9 Å². The summed E-state index contributed by atoms with van der Waals surface area (Å²) < 4.78 is 33.5. The van der Waals surface area contributed by atoms with E-state index in [1.54, 1.807) is 22.7 Å². The van der Waals surface area contributed by atoms with Crippen LogP contribution in [0.4, 0.5) is 13.2 Å². The zero-order valence-corrected chi connectivity index (χ0v) is 22.0. The molecule has 38 heavy (non-hydrogen) atoms. The highest BCUT2D eigenvalue weighted by Crippen LogP contribution is 2.34. The second-order valence-electron chi connectivity index (χ2n) is 8.61. The number of fused-ring (bicyclic) bond motifs is 1. The average molecular weight is 575 g/mol. The van der Waals surface area contributed by atoms with Crippen LogP contribution in [0.15, 0.2) is 24.4 Å². The third kappa shape index (κ3) is 7.34. The van der Waals surface area contributed by atoms with Crippen LogP contribution in [0.1, 0.15) is 41.0 Å². The zero-order chi connectivity index (χ0) is 28.0. The second kappa shape index (κ2) is 12.7. The van der Waals surface area contributed by atoms with Crippen molar-refractivity contribution >= 4 is 40.9 Å². The molecule has 2 aromatic heterocycles. The number of aliphatic carboxylic acids is 1. The Morgan fingerprint density at radius 1 is 1.16 bits per heavy atom. The summed E-state index contributed by atoms with van der Waals surface area (Å²) in [5.74, 6) is -2.55. The van der Waals surface area contributed by atoms with Gasteiger partial charge in [-0.2, -0.15) is 13.2 Å². The molecule has 4 N–H and O–H groups in total. The smallest absolute Gasteiger partial charge is 0.475 e. The lowest BCUT2D eigenvalue weighted by Gasteiger charge is -2.26. The van der Waals surface area contributed by atoms with E-state index in [2.05, 4.69) is 20.2 Å². The first-order valence-corrected chi connectivity index (χ1v) is 12.5. The quantitative estimate of drug-likeness (QED) is 0.400. The molecule has 1 fully saturated rings. The number of hydrogen-bond acceptors (Lipinski definition) is 6. The van der Waals surface area contributed by atoms with Crippen molar-refractivity contribution < 1.29 is 27.9 Å². The molecule has 0 bridgehead atoms. The van der Waals surface area contributed by atoms with Crippen LogP contribution in [0.5, 0.6) is 0 Å². The van der Waals surface area contributed by atoms with Gasteiger partial charge in [0.15, 0.2) is 0 Å². The number of alkyl halides is 3. The van der Waals surface area contributed by atoms with Gasteiger partial charge in [-0.3, -0.25) is 9.20 Å². The van der Waals surface area contributed by atoms with E-state index in [-0.39, 0.29) is 12.5 Å². The molecular formula is C24H27Cl2F3N6O3. The first kappa shape index (κ1) is 29.6. The number of halogens is 5. The normalized spacial score (nSPS) is 14.2. The molecule has 1 aliphatic rings. The van der Waals surface area contributed by atoms with E-state index < -0.39 is 12.1 Å². The molecule has 9 nitrogen and oxygen atoms in total. The molecule has 0 unspecified atom stereocenters. The number of piperidine rings is 1. The Balaban J connectivity index is 0.000000505. The molecule has 4 rings (SSSR count). The second-order valence-corrected chi connectivity index (χ2v) is 9.45. The number of aromatic nitrogens is 3. The van der Waals surface area contributed by atoms with Gasteiger partial charge in [-0.15, -0.1) is 0 Å². The van der Waals surface area contributed by atoms with Gasteiger partial charge in [0, 0.05) is 47.7 Å². The van der Waals surface area contributed by atoms with Crippen LogP contribution in [-0.2, 0) is 11.3 Å². The molecular weight excluding hydrogens is 548 g/mol. The third-order valence-corrected chi connectivity index (χ3v) is 6.49. The number of carbonyl (C=O) groups is 2. The van der Waals surface area contributed by atoms with Gasteiger partial charge in [0.25, 0.3) is 5.91 Å². The predicted molar refractivity (Wildman–Crippen MR) is 137 cm³/mol. The van der Waals surface area contributed by atoms with Crippen LogP contribution in [0, 0.1) is 6.92 Å². The number of carbonyl (C=O) groups excluding carboxylic acids is 1. The Bertz CT molecular complexity index is 1310. The van der Waals surface area contributed by atoms with Crippen LogP contribution in [0.3, 0.4) is 0 Å². The topological polar surface area (TPSA) is 126 Å². The lowest BCUT2D eigenvalue weighted by atomic mass is 10.0. The van der Waals surface area contributed by atoms with Crippen LogP contribution < -0.4 is 11.1 Å². The van der Waals surface area contributed by atoms with Gasteiger partial charge in [-0.1, -0.05) is 29.6 Å². The molecule has 1 aromatic carbocycles. The molecule has 14 heteroatoms. The molecule has 3 aromatic rings. The van der Waals surface area contributed by atoms with E-state index in [0.717, 1.165) is 42.1 Å². The summed E-state index contributed by atoms with van der Waals surface area (Å²) in [6.07, 6.45) is 0.356. The Labute approximate surface area is 226 Å². The van der Waals surface area contributed by atoms with Crippen LogP contribution in [-0.4, -0.2) is 68.6 Å². The fraction of sp³-hybridized carbons (Fsp3) is 0.417. The van der Waals surface area contributed by atoms with Gasteiger partial charge in [0.2, 0.25) is 5.78 Å². The third-order valence-electron chi connectivity index (χ3n) is 5.95. The van der Waals surface area contributed by atoms with Gasteiger partial charge < -0.3 is 21.1 Å². The number of likely N-dealkylation sites (tertiary alicyclic amines) is 1. The molecule has 3 heterocycles. The van der Waals surface area contributed by atoms with Crippen LogP contribution in [0.25, 0.3) is 17.0 Å². The summed E-state index contributed by atoms with van der Waals surface area (Å²) in [5, 5.41) is 11.1. The number of hydrogen-bond donors (Lipinski definition) is 3. The summed E-state index contributed by atoms with van der Waals surface area (Å²) in [6, 6.07) is 5.30. The molecule has 0 spiro atoms. The Morgan fingerprint density at radius 2 is 1.82 bits per heavy atom. The molecule has 1 aliphatic heterocycles. The number of nitrogens with two attached hydrogens (primary N) is 1. The minimum atomic E-state index is -5.08. The molecule has 0 saturated carbocycles. The van der Waals surface area contributed by atoms with Crippen molar-refractivity contribution in [3.63, 3.8) is 0 Å². The van der Waals surface area contributed by atoms with Crippen molar-refractivity contribution in [2.75, 3.05) is 26.2 Å². The lowest BCUT2D eigenvalue weighted by molar-refractivity contribution is -0.192. The van der Waals surface area contributed by atoms with Crippen molar-refractivity contribution in [2.24, 2.45) is 5.73 Å². The number of benzene rings is 1. The van der Waals surface area contributed by atoms with Crippen molar-refractivity contribution in [3.8, 4) is 11.3 Å². The number of imidazole rings is 1. The summed E-state index contributed by atoms with van der Waals surface area (Å²) >= 11 is 12.6. The van der Waals surface area contributed by atoms with E-state index in [4.69, 9.17) is 38.8 Å². The summed E-state index contributed by atoms with van der Waals surface area (Å²) in [6.45, 7) is 5.78. The summed E-state index contributed by atoms with van der Waals surface area (Å²) in [7, 11) is 0. The molecule has 1 amide bonds. The number of rotatable bonds is 6. The maximum Gasteiger partial charge on any atom is 0.490 e. The monoisotopic (exact) mass is 574 g/mol. The van der Waals surface area contributed by atoms with Crippen LogP contribution >= 0.6 is 23.2 Å². The molecule has 0 aliphatic carbocycles. The Morgan fingerprint density at radius 3 is 2.39 bits per heavy atom.